The SMILES string of the molecule is C.CC(C)C1CN(C(=O)CC2CC(F)(F)C2)Cc2c(C(N)=O)c(-c3ccc(F)c(Cl)c3)nn21.CC(C)C1CNCc2c(C(N)=O)c(-c3ccc(F)c(Cl)c3)nn21.NC1CC(F)(F)C1.[B]C. The van der Waals surface area contributed by atoms with Crippen LogP contribution in [0.15, 0.2) is 36.4 Å². The van der Waals surface area contributed by atoms with Crippen LogP contribution in [0.5, 0.6) is 0 Å². The largest absolute Gasteiger partial charge is 0.365 e. The van der Waals surface area contributed by atoms with Crippen molar-refractivity contribution < 1.29 is 40.7 Å². The van der Waals surface area contributed by atoms with Gasteiger partial charge >= 0.3 is 0 Å². The highest BCUT2D eigenvalue weighted by Crippen LogP contribution is 2.45. The summed E-state index contributed by atoms with van der Waals surface area (Å²) in [5.41, 5.74) is 19.8. The zero-order chi connectivity index (χ0) is 47.6. The number of hydrogen-bond acceptors (Lipinski definition) is 7. The van der Waals surface area contributed by atoms with Crippen molar-refractivity contribution in [1.29, 1.82) is 0 Å². The lowest BCUT2D eigenvalue weighted by Gasteiger charge is -2.39. The van der Waals surface area contributed by atoms with Gasteiger partial charge in [-0.2, -0.15) is 10.2 Å². The Balaban J connectivity index is 0.000000244. The van der Waals surface area contributed by atoms with E-state index in [1.807, 2.05) is 18.5 Å². The van der Waals surface area contributed by atoms with Gasteiger partial charge in [-0.25, -0.2) is 26.3 Å². The number of halogens is 8. The summed E-state index contributed by atoms with van der Waals surface area (Å²) in [6.45, 7) is 11.4. The summed E-state index contributed by atoms with van der Waals surface area (Å²) >= 11 is 11.8. The Morgan fingerprint density at radius 2 is 1.23 bits per heavy atom. The van der Waals surface area contributed by atoms with Crippen molar-refractivity contribution in [2.75, 3.05) is 13.1 Å². The van der Waals surface area contributed by atoms with E-state index >= 15 is 0 Å². The predicted octanol–water partition coefficient (Wildman–Crippen LogP) is 8.74. The van der Waals surface area contributed by atoms with Gasteiger partial charge in [0.2, 0.25) is 11.8 Å². The number of nitrogens with two attached hydrogens (primary N) is 3. The van der Waals surface area contributed by atoms with Crippen LogP contribution >= 0.6 is 23.2 Å². The fourth-order valence-electron chi connectivity index (χ4n) is 8.20. The lowest BCUT2D eigenvalue weighted by atomic mass is 9.79. The second kappa shape index (κ2) is 21.4. The molecule has 4 heterocycles. The quantitative estimate of drug-likeness (QED) is 0.101. The van der Waals surface area contributed by atoms with Crippen molar-refractivity contribution in [3.8, 4) is 22.5 Å². The van der Waals surface area contributed by atoms with E-state index in [2.05, 4.69) is 37.2 Å². The molecule has 65 heavy (non-hydrogen) atoms. The molecule has 2 atom stereocenters. The summed E-state index contributed by atoms with van der Waals surface area (Å²) < 4.78 is 80.4. The zero-order valence-corrected chi connectivity index (χ0v) is 37.6. The fourth-order valence-corrected chi connectivity index (χ4v) is 8.57. The van der Waals surface area contributed by atoms with Gasteiger partial charge in [0, 0.05) is 68.9 Å². The summed E-state index contributed by atoms with van der Waals surface area (Å²) in [5.74, 6) is -7.67. The number of primary amides is 2. The molecular formula is C44H56BCl2F6N9O3. The topological polar surface area (TPSA) is 180 Å². The smallest absolute Gasteiger partial charge is 0.252 e. The van der Waals surface area contributed by atoms with E-state index in [4.69, 9.17) is 40.4 Å². The molecule has 2 aromatic carbocycles. The molecular weight excluding hydrogens is 898 g/mol. The van der Waals surface area contributed by atoms with Crippen LogP contribution in [0.3, 0.4) is 0 Å². The normalized spacial score (nSPS) is 19.4. The summed E-state index contributed by atoms with van der Waals surface area (Å²) in [6, 6.07) is 7.96. The third-order valence-corrected chi connectivity index (χ3v) is 12.2. The van der Waals surface area contributed by atoms with Crippen LogP contribution in [-0.4, -0.2) is 81.0 Å². The number of nitrogens with one attached hydrogen (secondary N) is 1. The number of rotatable bonds is 8. The van der Waals surface area contributed by atoms with Crippen LogP contribution in [0.25, 0.3) is 22.5 Å². The van der Waals surface area contributed by atoms with Crippen molar-refractivity contribution >= 4 is 48.8 Å². The van der Waals surface area contributed by atoms with E-state index in [0.29, 0.717) is 47.1 Å². The van der Waals surface area contributed by atoms with E-state index in [-0.39, 0.29) is 103 Å². The van der Waals surface area contributed by atoms with Gasteiger partial charge < -0.3 is 27.4 Å². The summed E-state index contributed by atoms with van der Waals surface area (Å²) in [5, 5.41) is 12.4. The molecule has 4 aromatic rings. The van der Waals surface area contributed by atoms with Gasteiger partial charge in [-0.05, 0) is 54.2 Å². The molecule has 2 aliphatic carbocycles. The predicted molar refractivity (Wildman–Crippen MR) is 240 cm³/mol. The summed E-state index contributed by atoms with van der Waals surface area (Å²) in [6.07, 6.45) is -0.749. The maximum atomic E-state index is 13.7. The highest BCUT2D eigenvalue weighted by Gasteiger charge is 2.47. The third-order valence-electron chi connectivity index (χ3n) is 11.6. The molecule has 2 saturated carbocycles. The minimum atomic E-state index is -2.68. The molecule has 2 radical (unpaired) electrons. The third kappa shape index (κ3) is 12.1. The molecule has 2 unspecified atom stereocenters. The highest BCUT2D eigenvalue weighted by atomic mass is 35.5. The van der Waals surface area contributed by atoms with Crippen molar-refractivity contribution in [2.45, 2.75) is 117 Å². The molecule has 7 N–H and O–H groups in total. The highest BCUT2D eigenvalue weighted by molar-refractivity contribution is 6.31. The molecule has 0 spiro atoms. The van der Waals surface area contributed by atoms with E-state index in [1.165, 1.54) is 37.2 Å². The molecule has 21 heteroatoms. The monoisotopic (exact) mass is 953 g/mol. The van der Waals surface area contributed by atoms with Crippen molar-refractivity contribution in [3.05, 3.63) is 80.6 Å². The number of amides is 3. The van der Waals surface area contributed by atoms with Gasteiger partial charge in [-0.1, -0.05) is 65.1 Å². The number of fused-ring (bicyclic) bond motifs is 2. The Morgan fingerprint density at radius 3 is 1.62 bits per heavy atom. The number of aromatic nitrogens is 4. The van der Waals surface area contributed by atoms with Gasteiger partial charge in [-0.3, -0.25) is 23.7 Å². The van der Waals surface area contributed by atoms with Gasteiger partial charge in [0.25, 0.3) is 17.7 Å². The maximum absolute atomic E-state index is 13.7. The average molecular weight is 955 g/mol. The molecule has 2 aromatic heterocycles. The van der Waals surface area contributed by atoms with Gasteiger partial charge in [0.15, 0.2) is 0 Å². The Morgan fingerprint density at radius 1 is 0.785 bits per heavy atom. The van der Waals surface area contributed by atoms with Crippen LogP contribution in [0.2, 0.25) is 16.9 Å². The lowest BCUT2D eigenvalue weighted by molar-refractivity contribution is -0.144. The Kier molecular flexibility index (Phi) is 17.4. The van der Waals surface area contributed by atoms with Gasteiger partial charge in [0.1, 0.15) is 23.0 Å². The van der Waals surface area contributed by atoms with Crippen LogP contribution in [-0.2, 0) is 17.9 Å². The molecule has 2 aliphatic heterocycles. The number of carbonyl (C=O) groups excluding carboxylic acids is 3. The second-order valence-corrected chi connectivity index (χ2v) is 17.9. The molecule has 4 aliphatic rings. The van der Waals surface area contributed by atoms with Crippen LogP contribution in [0.4, 0.5) is 26.3 Å². The Labute approximate surface area is 386 Å². The first kappa shape index (κ1) is 53.0. The summed E-state index contributed by atoms with van der Waals surface area (Å²) in [4.78, 5) is 38.9. The molecule has 12 nitrogen and oxygen atoms in total. The first-order valence-electron chi connectivity index (χ1n) is 20.8. The van der Waals surface area contributed by atoms with Gasteiger partial charge in [-0.15, -0.1) is 0 Å². The number of alkyl halides is 4. The van der Waals surface area contributed by atoms with Crippen LogP contribution in [0.1, 0.15) is 111 Å². The average Bonchev–Trinajstić information content (AvgIpc) is 3.79. The first-order chi connectivity index (χ1) is 30.0. The number of benzene rings is 2. The molecule has 354 valence electrons. The first-order valence-corrected chi connectivity index (χ1v) is 21.5. The zero-order valence-electron chi connectivity index (χ0n) is 36.1. The minimum absolute atomic E-state index is 0. The van der Waals surface area contributed by atoms with Crippen LogP contribution < -0.4 is 22.5 Å². The Bertz CT molecular complexity index is 2350. The fraction of sp³-hybridized carbons (Fsp3) is 0.523. The maximum Gasteiger partial charge on any atom is 0.252 e. The molecule has 0 bridgehead atoms. The minimum Gasteiger partial charge on any atom is -0.365 e. The summed E-state index contributed by atoms with van der Waals surface area (Å²) in [7, 11) is 4.50. The number of hydrogen-bond donors (Lipinski definition) is 4. The van der Waals surface area contributed by atoms with E-state index in [1.54, 1.807) is 15.6 Å². The molecule has 0 saturated heterocycles. The Hall–Kier alpha value is -4.59. The molecule has 3 amide bonds. The molecule has 2 fully saturated rings. The van der Waals surface area contributed by atoms with E-state index in [0.717, 1.165) is 12.2 Å². The van der Waals surface area contributed by atoms with Crippen molar-refractivity contribution in [1.82, 2.24) is 29.8 Å². The van der Waals surface area contributed by atoms with Crippen molar-refractivity contribution in [2.24, 2.45) is 35.0 Å². The number of carbonyl (C=O) groups is 3. The number of nitrogens with zero attached hydrogens (tertiary/aromatic N) is 5. The lowest BCUT2D eigenvalue weighted by Crippen LogP contribution is -2.45. The second-order valence-electron chi connectivity index (χ2n) is 17.1. The standard InChI is InChI=1S/C22H24ClF3N4O2.C16H18ClFN4O.C4H7F2N.CH3B.CH4/c1-11(2)16-9-29(18(31)5-12-7-22(25,26)8-12)10-17-19(21(27)32)20(28-30(16)17)13-3-4-15(24)14(23)6-13;1-8(2)12-6-20-7-13-14(16(19)23)15(21-22(12)13)9-3-4-11(18)10(17)5-9;5-4(6)1-3(7)2-4;1-2;/h3-4,6,11-12,16H,5,7-10H2,1-2H3,(H2,27,32);3-5,8,12,20H,6-7H2,1-2H3,(H2,19,23);3H,1-2,7H2;1H3;1H4. The molecule has 8 rings (SSSR count). The van der Waals surface area contributed by atoms with Crippen molar-refractivity contribution in [3.63, 3.8) is 0 Å². The van der Waals surface area contributed by atoms with E-state index < -0.39 is 35.3 Å². The van der Waals surface area contributed by atoms with Gasteiger partial charge in [0.05, 0.1) is 59.0 Å². The van der Waals surface area contributed by atoms with E-state index in [9.17, 15) is 40.7 Å². The van der Waals surface area contributed by atoms with Crippen LogP contribution in [0, 0.1) is 29.4 Å².